The van der Waals surface area contributed by atoms with E-state index < -0.39 is 0 Å². The maximum Gasteiger partial charge on any atom is 0.294 e. The molecule has 3 rings (SSSR count). The molecule has 6 nitrogen and oxygen atoms in total. The largest absolute Gasteiger partial charge is 0.465 e. The molecule has 0 saturated carbocycles. The molecular formula is C15H18N2O4S. The molecule has 7 heteroatoms. The van der Waals surface area contributed by atoms with Crippen molar-refractivity contribution in [1.82, 2.24) is 9.80 Å². The monoisotopic (exact) mass is 322 g/mol. The van der Waals surface area contributed by atoms with E-state index in [-0.39, 0.29) is 23.4 Å². The molecule has 118 valence electrons. The molecular weight excluding hydrogens is 304 g/mol. The van der Waals surface area contributed by atoms with E-state index in [1.807, 2.05) is 13.8 Å². The van der Waals surface area contributed by atoms with Crippen molar-refractivity contribution in [3.63, 3.8) is 0 Å². The highest BCUT2D eigenvalue weighted by Crippen LogP contribution is 2.32. The second-order valence-electron chi connectivity index (χ2n) is 5.56. The van der Waals surface area contributed by atoms with Gasteiger partial charge in [0.1, 0.15) is 5.76 Å². The van der Waals surface area contributed by atoms with E-state index in [9.17, 15) is 9.59 Å². The molecule has 0 radical (unpaired) electrons. The van der Waals surface area contributed by atoms with Gasteiger partial charge in [0.2, 0.25) is 0 Å². The molecule has 2 aliphatic heterocycles. The third-order valence-corrected chi connectivity index (χ3v) is 4.43. The van der Waals surface area contributed by atoms with E-state index in [1.165, 1.54) is 11.2 Å². The van der Waals surface area contributed by atoms with E-state index in [2.05, 4.69) is 4.90 Å². The van der Waals surface area contributed by atoms with Crippen molar-refractivity contribution in [3.8, 4) is 0 Å². The molecule has 2 amide bonds. The van der Waals surface area contributed by atoms with Crippen molar-refractivity contribution < 1.29 is 18.7 Å². The number of morpholine rings is 1. The minimum Gasteiger partial charge on any atom is -0.465 e. The number of carbonyl (C=O) groups is 2. The third-order valence-electron chi connectivity index (χ3n) is 3.53. The first-order valence-corrected chi connectivity index (χ1v) is 8.01. The van der Waals surface area contributed by atoms with Crippen LogP contribution < -0.4 is 0 Å². The summed E-state index contributed by atoms with van der Waals surface area (Å²) in [6.07, 6.45) is 3.34. The lowest BCUT2D eigenvalue weighted by atomic mass is 10.2. The standard InChI is InChI=1S/C15H18N2O4S/c1-10-7-16(8-11(2)21-10)9-17-14(18)13(22-15(17)19)6-12-4-3-5-20-12/h3-6,10-11H,7-9H2,1-2H3/b13-6+/t10-,11-/m0/s1. The van der Waals surface area contributed by atoms with Crippen molar-refractivity contribution >= 4 is 29.0 Å². The van der Waals surface area contributed by atoms with Crippen molar-refractivity contribution in [1.29, 1.82) is 0 Å². The molecule has 2 saturated heterocycles. The topological polar surface area (TPSA) is 63.0 Å². The molecule has 3 heterocycles. The number of rotatable bonds is 3. The fourth-order valence-corrected chi connectivity index (χ4v) is 3.54. The van der Waals surface area contributed by atoms with E-state index in [0.29, 0.717) is 30.4 Å². The molecule has 2 fully saturated rings. The van der Waals surface area contributed by atoms with Gasteiger partial charge in [-0.25, -0.2) is 0 Å². The zero-order valence-corrected chi connectivity index (χ0v) is 13.3. The number of hydrogen-bond donors (Lipinski definition) is 0. The van der Waals surface area contributed by atoms with Crippen LogP contribution in [0.5, 0.6) is 0 Å². The van der Waals surface area contributed by atoms with Crippen LogP contribution in [0.3, 0.4) is 0 Å². The van der Waals surface area contributed by atoms with Gasteiger partial charge < -0.3 is 9.15 Å². The van der Waals surface area contributed by atoms with Gasteiger partial charge >= 0.3 is 0 Å². The van der Waals surface area contributed by atoms with E-state index in [4.69, 9.17) is 9.15 Å². The molecule has 0 unspecified atom stereocenters. The number of amides is 2. The average molecular weight is 322 g/mol. The predicted molar refractivity (Wildman–Crippen MR) is 83.0 cm³/mol. The Balaban J connectivity index is 1.69. The van der Waals surface area contributed by atoms with Crippen LogP contribution >= 0.6 is 11.8 Å². The number of thioether (sulfide) groups is 1. The van der Waals surface area contributed by atoms with Gasteiger partial charge in [0.15, 0.2) is 0 Å². The van der Waals surface area contributed by atoms with Gasteiger partial charge in [-0.3, -0.25) is 19.4 Å². The van der Waals surface area contributed by atoms with Crippen molar-refractivity contribution in [2.75, 3.05) is 19.8 Å². The Morgan fingerprint density at radius 1 is 1.32 bits per heavy atom. The van der Waals surface area contributed by atoms with Gasteiger partial charge in [-0.05, 0) is 37.7 Å². The average Bonchev–Trinajstić information content (AvgIpc) is 3.03. The molecule has 1 aromatic rings. The number of imide groups is 1. The zero-order chi connectivity index (χ0) is 15.7. The summed E-state index contributed by atoms with van der Waals surface area (Å²) in [7, 11) is 0. The number of furan rings is 1. The second-order valence-corrected chi connectivity index (χ2v) is 6.55. The van der Waals surface area contributed by atoms with E-state index >= 15 is 0 Å². The molecule has 0 aromatic carbocycles. The Kier molecular flexibility index (Phi) is 4.37. The number of nitrogens with zero attached hydrogens (tertiary/aromatic N) is 2. The highest BCUT2D eigenvalue weighted by atomic mass is 32.2. The van der Waals surface area contributed by atoms with Crippen LogP contribution in [0.15, 0.2) is 27.7 Å². The van der Waals surface area contributed by atoms with Crippen LogP contribution in [-0.2, 0) is 9.53 Å². The predicted octanol–water partition coefficient (Wildman–Crippen LogP) is 2.38. The van der Waals surface area contributed by atoms with Crippen LogP contribution in [-0.4, -0.2) is 52.9 Å². The number of hydrogen-bond acceptors (Lipinski definition) is 6. The van der Waals surface area contributed by atoms with Crippen LogP contribution in [0.1, 0.15) is 19.6 Å². The summed E-state index contributed by atoms with van der Waals surface area (Å²) in [5.74, 6) is 0.303. The minimum absolute atomic E-state index is 0.0994. The normalized spacial score (nSPS) is 28.8. The van der Waals surface area contributed by atoms with Gasteiger partial charge in [0.25, 0.3) is 11.1 Å². The second kappa shape index (κ2) is 6.28. The van der Waals surface area contributed by atoms with Crippen LogP contribution in [0.4, 0.5) is 4.79 Å². The molecule has 22 heavy (non-hydrogen) atoms. The zero-order valence-electron chi connectivity index (χ0n) is 12.5. The summed E-state index contributed by atoms with van der Waals surface area (Å²) in [6, 6.07) is 3.49. The minimum atomic E-state index is -0.266. The van der Waals surface area contributed by atoms with E-state index in [1.54, 1.807) is 18.2 Å². The summed E-state index contributed by atoms with van der Waals surface area (Å²) in [5, 5.41) is -0.241. The van der Waals surface area contributed by atoms with E-state index in [0.717, 1.165) is 11.8 Å². The van der Waals surface area contributed by atoms with Gasteiger partial charge in [-0.15, -0.1) is 0 Å². The SMILES string of the molecule is C[C@H]1CN(CN2C(=O)S/C(=C/c3ccco3)C2=O)C[C@H](C)O1. The highest BCUT2D eigenvalue weighted by molar-refractivity contribution is 8.18. The van der Waals surface area contributed by atoms with Crippen molar-refractivity contribution in [3.05, 3.63) is 29.1 Å². The fourth-order valence-electron chi connectivity index (χ4n) is 2.72. The van der Waals surface area contributed by atoms with Crippen LogP contribution in [0.2, 0.25) is 0 Å². The Bertz CT molecular complexity index is 589. The molecule has 2 aliphatic rings. The summed E-state index contributed by atoms with van der Waals surface area (Å²) < 4.78 is 10.9. The first kappa shape index (κ1) is 15.3. The lowest BCUT2D eigenvalue weighted by Gasteiger charge is -2.36. The lowest BCUT2D eigenvalue weighted by Crippen LogP contribution is -2.50. The smallest absolute Gasteiger partial charge is 0.294 e. The maximum atomic E-state index is 12.4. The number of ether oxygens (including phenoxy) is 1. The van der Waals surface area contributed by atoms with Gasteiger partial charge in [-0.2, -0.15) is 0 Å². The first-order chi connectivity index (χ1) is 10.5. The van der Waals surface area contributed by atoms with Crippen molar-refractivity contribution in [2.45, 2.75) is 26.1 Å². The molecule has 0 aliphatic carbocycles. The summed E-state index contributed by atoms with van der Waals surface area (Å²) in [4.78, 5) is 28.2. The van der Waals surface area contributed by atoms with Crippen molar-refractivity contribution in [2.24, 2.45) is 0 Å². The summed E-state index contributed by atoms with van der Waals surface area (Å²) >= 11 is 0.951. The third kappa shape index (κ3) is 3.26. The van der Waals surface area contributed by atoms with Gasteiger partial charge in [-0.1, -0.05) is 0 Å². The molecule has 0 spiro atoms. The number of carbonyl (C=O) groups excluding carboxylic acids is 2. The molecule has 1 aromatic heterocycles. The molecule has 2 atom stereocenters. The highest BCUT2D eigenvalue weighted by Gasteiger charge is 2.37. The Hall–Kier alpha value is -1.57. The lowest BCUT2D eigenvalue weighted by molar-refractivity contribution is -0.127. The summed E-state index contributed by atoms with van der Waals surface area (Å²) in [6.45, 7) is 5.71. The van der Waals surface area contributed by atoms with Crippen LogP contribution in [0.25, 0.3) is 6.08 Å². The Morgan fingerprint density at radius 2 is 2.05 bits per heavy atom. The molecule has 0 bridgehead atoms. The fraction of sp³-hybridized carbons (Fsp3) is 0.467. The van der Waals surface area contributed by atoms with Gasteiger partial charge in [0.05, 0.1) is 30.0 Å². The maximum absolute atomic E-state index is 12.4. The van der Waals surface area contributed by atoms with Gasteiger partial charge in [0, 0.05) is 19.2 Å². The van der Waals surface area contributed by atoms with Crippen LogP contribution in [0, 0.1) is 0 Å². The Morgan fingerprint density at radius 3 is 2.68 bits per heavy atom. The molecule has 0 N–H and O–H groups in total. The first-order valence-electron chi connectivity index (χ1n) is 7.19. The summed E-state index contributed by atoms with van der Waals surface area (Å²) in [5.41, 5.74) is 0. The Labute approximate surface area is 133 Å². The quantitative estimate of drug-likeness (QED) is 0.796.